The first-order valence-electron chi connectivity index (χ1n) is 17.1. The van der Waals surface area contributed by atoms with Crippen LogP contribution in [0.5, 0.6) is 0 Å². The molecule has 50 heavy (non-hydrogen) atoms. The number of nitrogens with two attached hydrogens (primary N) is 2. The number of amides is 3. The van der Waals surface area contributed by atoms with Crippen molar-refractivity contribution in [2.24, 2.45) is 11.5 Å². The summed E-state index contributed by atoms with van der Waals surface area (Å²) < 4.78 is 0. The molecular weight excluding hydrogens is 622 g/mol. The first kappa shape index (κ1) is 34.3. The second-order valence-corrected chi connectivity index (χ2v) is 12.8. The Morgan fingerprint density at radius 2 is 0.900 bits per heavy atom. The Kier molecular flexibility index (Phi) is 11.1. The largest absolute Gasteiger partial charge is 0.354 e. The molecule has 0 aromatic heterocycles. The number of carbonyl (C=O) groups is 3. The maximum atomic E-state index is 14.2. The number of benzene rings is 6. The van der Waals surface area contributed by atoms with Gasteiger partial charge >= 0.3 is 0 Å². The van der Waals surface area contributed by atoms with Gasteiger partial charge in [0.1, 0.15) is 12.1 Å². The number of nitrogens with one attached hydrogen (secondary N) is 3. The molecule has 6 aromatic rings. The summed E-state index contributed by atoms with van der Waals surface area (Å²) in [6.45, 7) is 0.821. The van der Waals surface area contributed by atoms with Crippen LogP contribution in [0, 0.1) is 0 Å². The van der Waals surface area contributed by atoms with E-state index in [9.17, 15) is 14.4 Å². The molecule has 2 unspecified atom stereocenters. The van der Waals surface area contributed by atoms with Gasteiger partial charge in [-0.3, -0.25) is 14.4 Å². The molecule has 0 fully saturated rings. The number of hydrogen-bond donors (Lipinski definition) is 5. The van der Waals surface area contributed by atoms with Gasteiger partial charge in [0.25, 0.3) is 0 Å². The molecular formula is C42H43N5O3. The van der Waals surface area contributed by atoms with Crippen LogP contribution in [-0.4, -0.2) is 48.9 Å². The first-order valence-corrected chi connectivity index (χ1v) is 17.1. The lowest BCUT2D eigenvalue weighted by molar-refractivity contribution is -0.132. The van der Waals surface area contributed by atoms with Gasteiger partial charge < -0.3 is 27.4 Å². The van der Waals surface area contributed by atoms with E-state index >= 15 is 0 Å². The maximum Gasteiger partial charge on any atom is 0.243 e. The second kappa shape index (κ2) is 16.2. The summed E-state index contributed by atoms with van der Waals surface area (Å²) in [6.07, 6.45) is 1.39. The summed E-state index contributed by atoms with van der Waals surface area (Å²) in [5.41, 5.74) is 14.8. The van der Waals surface area contributed by atoms with Crippen LogP contribution >= 0.6 is 0 Å². The Hall–Kier alpha value is -5.57. The van der Waals surface area contributed by atoms with Gasteiger partial charge in [-0.25, -0.2) is 0 Å². The molecule has 0 heterocycles. The van der Waals surface area contributed by atoms with Crippen molar-refractivity contribution in [2.75, 3.05) is 13.1 Å². The normalized spacial score (nSPS) is 13.1. The molecule has 6 aromatic carbocycles. The minimum absolute atomic E-state index is 0.211. The average Bonchev–Trinajstić information content (AvgIpc) is 3.14. The van der Waals surface area contributed by atoms with Gasteiger partial charge in [0, 0.05) is 19.4 Å². The maximum absolute atomic E-state index is 14.2. The average molecular weight is 666 g/mol. The molecule has 0 aliphatic heterocycles. The van der Waals surface area contributed by atoms with E-state index in [0.29, 0.717) is 25.9 Å². The second-order valence-electron chi connectivity index (χ2n) is 12.8. The van der Waals surface area contributed by atoms with Crippen LogP contribution in [0.1, 0.15) is 23.1 Å². The van der Waals surface area contributed by atoms with E-state index in [1.54, 1.807) is 0 Å². The van der Waals surface area contributed by atoms with Gasteiger partial charge in [0.15, 0.2) is 0 Å². The van der Waals surface area contributed by atoms with E-state index in [1.807, 2.05) is 127 Å². The van der Waals surface area contributed by atoms with Crippen molar-refractivity contribution in [1.29, 1.82) is 0 Å². The molecule has 0 spiro atoms. The van der Waals surface area contributed by atoms with Gasteiger partial charge in [-0.1, -0.05) is 127 Å². The fourth-order valence-corrected chi connectivity index (χ4v) is 6.32. The summed E-state index contributed by atoms with van der Waals surface area (Å²) in [5, 5.41) is 15.2. The van der Waals surface area contributed by atoms with Gasteiger partial charge in [-0.2, -0.15) is 0 Å². The highest BCUT2D eigenvalue weighted by Gasteiger charge is 2.29. The number of hydrogen-bond acceptors (Lipinski definition) is 5. The summed E-state index contributed by atoms with van der Waals surface area (Å²) in [7, 11) is 0. The highest BCUT2D eigenvalue weighted by atomic mass is 16.2. The molecule has 6 rings (SSSR count). The highest BCUT2D eigenvalue weighted by molar-refractivity contribution is 5.94. The van der Waals surface area contributed by atoms with Crippen molar-refractivity contribution in [2.45, 2.75) is 43.8 Å². The standard InChI is InChI=1S/C42H43N5O3/c43-20-7-21-45-41(49)38(26-29-15-18-32-9-2-5-12-35(32)23-29)47-42(50)39(27-30-16-19-33-10-3-6-13-36(33)24-30)46-40(48)37(44)25-28-14-17-31-8-1-4-11-34(31)22-28/h1-6,8-19,22-24,37-39H,7,20-21,25-27,43-44H2,(H,45,49)(H,46,48)(H,47,50)/t37?,38?,39-/m0/s1. The van der Waals surface area contributed by atoms with Crippen molar-refractivity contribution < 1.29 is 14.4 Å². The quantitative estimate of drug-likeness (QED) is 0.105. The van der Waals surface area contributed by atoms with Crippen molar-refractivity contribution in [1.82, 2.24) is 16.0 Å². The molecule has 0 saturated heterocycles. The third-order valence-corrected chi connectivity index (χ3v) is 9.06. The van der Waals surface area contributed by atoms with Crippen molar-refractivity contribution in [3.05, 3.63) is 144 Å². The number of rotatable bonds is 14. The van der Waals surface area contributed by atoms with E-state index < -0.39 is 29.9 Å². The van der Waals surface area contributed by atoms with Crippen molar-refractivity contribution in [3.8, 4) is 0 Å². The van der Waals surface area contributed by atoms with Crippen LogP contribution in [0.4, 0.5) is 0 Å². The van der Waals surface area contributed by atoms with Gasteiger partial charge in [-0.15, -0.1) is 0 Å². The first-order chi connectivity index (χ1) is 24.4. The van der Waals surface area contributed by atoms with Crippen LogP contribution in [0.2, 0.25) is 0 Å². The molecule has 7 N–H and O–H groups in total. The van der Waals surface area contributed by atoms with E-state index in [-0.39, 0.29) is 18.7 Å². The molecule has 3 amide bonds. The molecule has 8 heteroatoms. The lowest BCUT2D eigenvalue weighted by Gasteiger charge is -2.25. The third kappa shape index (κ3) is 8.71. The molecule has 0 bridgehead atoms. The van der Waals surface area contributed by atoms with Crippen LogP contribution in [0.25, 0.3) is 32.3 Å². The molecule has 0 saturated carbocycles. The zero-order valence-corrected chi connectivity index (χ0v) is 28.0. The Morgan fingerprint density at radius 3 is 1.36 bits per heavy atom. The molecule has 0 radical (unpaired) electrons. The summed E-state index contributed by atoms with van der Waals surface area (Å²) in [4.78, 5) is 41.3. The minimum atomic E-state index is -0.984. The molecule has 0 aliphatic rings. The summed E-state index contributed by atoms with van der Waals surface area (Å²) in [5.74, 6) is -1.23. The van der Waals surface area contributed by atoms with Crippen molar-refractivity contribution >= 4 is 50.0 Å². The van der Waals surface area contributed by atoms with Gasteiger partial charge in [0.05, 0.1) is 6.04 Å². The highest BCUT2D eigenvalue weighted by Crippen LogP contribution is 2.20. The van der Waals surface area contributed by atoms with E-state index in [2.05, 4.69) is 16.0 Å². The summed E-state index contributed by atoms with van der Waals surface area (Å²) in [6, 6.07) is 39.2. The summed E-state index contributed by atoms with van der Waals surface area (Å²) >= 11 is 0. The van der Waals surface area contributed by atoms with Crippen LogP contribution in [0.15, 0.2) is 127 Å². The number of carbonyl (C=O) groups excluding carboxylic acids is 3. The Morgan fingerprint density at radius 1 is 0.500 bits per heavy atom. The molecule has 3 atom stereocenters. The zero-order valence-electron chi connectivity index (χ0n) is 28.0. The lowest BCUT2D eigenvalue weighted by atomic mass is 9.98. The fourth-order valence-electron chi connectivity index (χ4n) is 6.32. The lowest BCUT2D eigenvalue weighted by Crippen LogP contribution is -2.57. The zero-order chi connectivity index (χ0) is 34.9. The Labute approximate surface area is 292 Å². The molecule has 0 aliphatic carbocycles. The fraction of sp³-hybridized carbons (Fsp3) is 0.214. The Bertz CT molecular complexity index is 2130. The third-order valence-electron chi connectivity index (χ3n) is 9.06. The minimum Gasteiger partial charge on any atom is -0.354 e. The Balaban J connectivity index is 1.23. The van der Waals surface area contributed by atoms with Crippen LogP contribution < -0.4 is 27.4 Å². The topological polar surface area (TPSA) is 139 Å². The SMILES string of the molecule is NCCCNC(=O)C(Cc1ccc2ccccc2c1)NC(=O)[C@H](Cc1ccc2ccccc2c1)NC(=O)C(N)Cc1ccc2ccccc2c1. The number of fused-ring (bicyclic) bond motifs is 3. The van der Waals surface area contributed by atoms with E-state index in [4.69, 9.17) is 11.5 Å². The van der Waals surface area contributed by atoms with Crippen LogP contribution in [0.3, 0.4) is 0 Å². The van der Waals surface area contributed by atoms with Gasteiger partial charge in [-0.05, 0) is 68.4 Å². The smallest absolute Gasteiger partial charge is 0.243 e. The van der Waals surface area contributed by atoms with Crippen molar-refractivity contribution in [3.63, 3.8) is 0 Å². The monoisotopic (exact) mass is 665 g/mol. The van der Waals surface area contributed by atoms with E-state index in [0.717, 1.165) is 49.0 Å². The predicted octanol–water partition coefficient (Wildman–Crippen LogP) is 4.94. The van der Waals surface area contributed by atoms with Crippen LogP contribution in [-0.2, 0) is 33.6 Å². The molecule has 8 nitrogen and oxygen atoms in total. The van der Waals surface area contributed by atoms with Gasteiger partial charge in [0.2, 0.25) is 17.7 Å². The van der Waals surface area contributed by atoms with E-state index in [1.165, 1.54) is 0 Å². The molecule has 254 valence electrons. The predicted molar refractivity (Wildman–Crippen MR) is 201 cm³/mol.